The number of H-pyrrole nitrogens is 1. The second-order valence-electron chi connectivity index (χ2n) is 5.78. The van der Waals surface area contributed by atoms with Crippen LogP contribution in [0.4, 0.5) is 0 Å². The van der Waals surface area contributed by atoms with E-state index in [1.807, 2.05) is 24.4 Å². The van der Waals surface area contributed by atoms with E-state index in [1.54, 1.807) is 0 Å². The minimum Gasteiger partial charge on any atom is -0.486 e. The lowest BCUT2D eigenvalue weighted by atomic mass is 10.0. The van der Waals surface area contributed by atoms with E-state index >= 15 is 0 Å². The van der Waals surface area contributed by atoms with Gasteiger partial charge in [-0.05, 0) is 30.5 Å². The molecule has 0 amide bonds. The Morgan fingerprint density at radius 3 is 2.76 bits per heavy atom. The lowest BCUT2D eigenvalue weighted by Crippen LogP contribution is -2.15. The molecule has 3 N–H and O–H groups in total. The maximum Gasteiger partial charge on any atom is 0.162 e. The Hall–Kier alpha value is -2.01. The van der Waals surface area contributed by atoms with Crippen molar-refractivity contribution in [3.8, 4) is 22.8 Å². The minimum atomic E-state index is -0.0593. The van der Waals surface area contributed by atoms with Gasteiger partial charge in [-0.1, -0.05) is 13.8 Å². The molecule has 112 valence electrons. The molecule has 2 heterocycles. The van der Waals surface area contributed by atoms with E-state index in [9.17, 15) is 0 Å². The van der Waals surface area contributed by atoms with Crippen LogP contribution in [0.15, 0.2) is 24.4 Å². The molecule has 0 saturated carbocycles. The van der Waals surface area contributed by atoms with Gasteiger partial charge >= 0.3 is 0 Å². The summed E-state index contributed by atoms with van der Waals surface area (Å²) < 4.78 is 11.1. The molecule has 1 unspecified atom stereocenters. The number of hydrogen-bond acceptors (Lipinski definition) is 4. The number of aromatic amines is 1. The highest BCUT2D eigenvalue weighted by atomic mass is 16.6. The molecule has 0 saturated heterocycles. The Bertz CT molecular complexity index is 622. The zero-order chi connectivity index (χ0) is 14.8. The highest BCUT2D eigenvalue weighted by molar-refractivity contribution is 5.63. The standard InChI is InChI=1S/C16H21N3O2/c1-10(2)7-12(17)16-18-9-13(19-16)11-3-4-14-15(8-11)21-6-5-20-14/h3-4,8-10,12H,5-7,17H2,1-2H3,(H,18,19). The van der Waals surface area contributed by atoms with Crippen LogP contribution in [0, 0.1) is 5.92 Å². The van der Waals surface area contributed by atoms with E-state index < -0.39 is 0 Å². The number of nitrogens with two attached hydrogens (primary N) is 1. The van der Waals surface area contributed by atoms with Gasteiger partial charge in [0.1, 0.15) is 19.0 Å². The second kappa shape index (κ2) is 5.77. The van der Waals surface area contributed by atoms with Gasteiger partial charge in [0.25, 0.3) is 0 Å². The molecule has 0 fully saturated rings. The monoisotopic (exact) mass is 287 g/mol. The van der Waals surface area contributed by atoms with E-state index in [0.29, 0.717) is 19.1 Å². The highest BCUT2D eigenvalue weighted by Crippen LogP contribution is 2.34. The molecular formula is C16H21N3O2. The quantitative estimate of drug-likeness (QED) is 0.907. The number of fused-ring (bicyclic) bond motifs is 1. The summed E-state index contributed by atoms with van der Waals surface area (Å²) >= 11 is 0. The summed E-state index contributed by atoms with van der Waals surface area (Å²) in [6.45, 7) is 5.50. The van der Waals surface area contributed by atoms with Crippen molar-refractivity contribution in [3.63, 3.8) is 0 Å². The summed E-state index contributed by atoms with van der Waals surface area (Å²) in [6, 6.07) is 5.84. The predicted octanol–water partition coefficient (Wildman–Crippen LogP) is 2.89. The number of aromatic nitrogens is 2. The third-order valence-corrected chi connectivity index (χ3v) is 3.53. The molecule has 5 nitrogen and oxygen atoms in total. The van der Waals surface area contributed by atoms with Gasteiger partial charge < -0.3 is 20.2 Å². The molecule has 1 aromatic heterocycles. The van der Waals surface area contributed by atoms with Crippen LogP contribution >= 0.6 is 0 Å². The van der Waals surface area contributed by atoms with E-state index in [-0.39, 0.29) is 6.04 Å². The molecule has 1 aliphatic heterocycles. The Kier molecular flexibility index (Phi) is 3.84. The van der Waals surface area contributed by atoms with Crippen LogP contribution in [0.5, 0.6) is 11.5 Å². The molecule has 1 aliphatic rings. The fraction of sp³-hybridized carbons (Fsp3) is 0.438. The van der Waals surface area contributed by atoms with Gasteiger partial charge in [-0.2, -0.15) is 0 Å². The van der Waals surface area contributed by atoms with Gasteiger partial charge in [-0.3, -0.25) is 0 Å². The number of benzene rings is 1. The zero-order valence-electron chi connectivity index (χ0n) is 12.4. The van der Waals surface area contributed by atoms with Crippen LogP contribution in [0.2, 0.25) is 0 Å². The van der Waals surface area contributed by atoms with Crippen LogP contribution < -0.4 is 15.2 Å². The smallest absolute Gasteiger partial charge is 0.162 e. The van der Waals surface area contributed by atoms with E-state index in [4.69, 9.17) is 15.2 Å². The highest BCUT2D eigenvalue weighted by Gasteiger charge is 2.15. The normalized spacial score (nSPS) is 15.2. The Morgan fingerprint density at radius 1 is 1.24 bits per heavy atom. The molecule has 1 aromatic carbocycles. The fourth-order valence-electron chi connectivity index (χ4n) is 2.50. The molecule has 1 atom stereocenters. The first-order chi connectivity index (χ1) is 10.1. The van der Waals surface area contributed by atoms with Crippen molar-refractivity contribution >= 4 is 0 Å². The van der Waals surface area contributed by atoms with Crippen molar-refractivity contribution in [1.82, 2.24) is 9.97 Å². The topological polar surface area (TPSA) is 73.2 Å². The third kappa shape index (κ3) is 3.03. The first kappa shape index (κ1) is 13.9. The lowest BCUT2D eigenvalue weighted by molar-refractivity contribution is 0.171. The zero-order valence-corrected chi connectivity index (χ0v) is 12.4. The summed E-state index contributed by atoms with van der Waals surface area (Å²) in [5.41, 5.74) is 8.13. The third-order valence-electron chi connectivity index (χ3n) is 3.53. The van der Waals surface area contributed by atoms with E-state index in [0.717, 1.165) is 35.0 Å². The van der Waals surface area contributed by atoms with Crippen LogP contribution in [-0.2, 0) is 0 Å². The van der Waals surface area contributed by atoms with Crippen molar-refractivity contribution < 1.29 is 9.47 Å². The van der Waals surface area contributed by atoms with Gasteiger partial charge in [0, 0.05) is 5.56 Å². The largest absolute Gasteiger partial charge is 0.486 e. The molecule has 3 rings (SSSR count). The Labute approximate surface area is 124 Å². The maximum absolute atomic E-state index is 6.16. The predicted molar refractivity (Wildman–Crippen MR) is 81.4 cm³/mol. The van der Waals surface area contributed by atoms with Gasteiger partial charge in [0.15, 0.2) is 11.5 Å². The summed E-state index contributed by atoms with van der Waals surface area (Å²) in [5.74, 6) is 2.94. The summed E-state index contributed by atoms with van der Waals surface area (Å²) in [7, 11) is 0. The molecule has 0 aliphatic carbocycles. The minimum absolute atomic E-state index is 0.0593. The average molecular weight is 287 g/mol. The fourth-order valence-corrected chi connectivity index (χ4v) is 2.50. The van der Waals surface area contributed by atoms with Crippen LogP contribution in [-0.4, -0.2) is 23.2 Å². The van der Waals surface area contributed by atoms with Crippen LogP contribution in [0.3, 0.4) is 0 Å². The average Bonchev–Trinajstić information content (AvgIpc) is 2.96. The summed E-state index contributed by atoms with van der Waals surface area (Å²) in [5, 5.41) is 0. The number of nitrogens with zero attached hydrogens (tertiary/aromatic N) is 1. The Morgan fingerprint density at radius 2 is 2.00 bits per heavy atom. The molecular weight excluding hydrogens is 266 g/mol. The lowest BCUT2D eigenvalue weighted by Gasteiger charge is -2.18. The van der Waals surface area contributed by atoms with Gasteiger partial charge in [-0.15, -0.1) is 0 Å². The molecule has 0 radical (unpaired) electrons. The van der Waals surface area contributed by atoms with Gasteiger partial charge in [0.05, 0.1) is 17.9 Å². The number of rotatable bonds is 4. The molecule has 21 heavy (non-hydrogen) atoms. The van der Waals surface area contributed by atoms with Crippen molar-refractivity contribution in [2.24, 2.45) is 11.7 Å². The number of hydrogen-bond donors (Lipinski definition) is 2. The second-order valence-corrected chi connectivity index (χ2v) is 5.78. The van der Waals surface area contributed by atoms with E-state index in [1.165, 1.54) is 0 Å². The van der Waals surface area contributed by atoms with Crippen LogP contribution in [0.1, 0.15) is 32.1 Å². The van der Waals surface area contributed by atoms with Crippen molar-refractivity contribution in [1.29, 1.82) is 0 Å². The molecule has 5 heteroatoms. The van der Waals surface area contributed by atoms with Gasteiger partial charge in [-0.25, -0.2) is 4.98 Å². The molecule has 0 bridgehead atoms. The van der Waals surface area contributed by atoms with Crippen molar-refractivity contribution in [3.05, 3.63) is 30.2 Å². The first-order valence-electron chi connectivity index (χ1n) is 7.34. The van der Waals surface area contributed by atoms with Crippen molar-refractivity contribution in [2.75, 3.05) is 13.2 Å². The summed E-state index contributed by atoms with van der Waals surface area (Å²) in [4.78, 5) is 7.71. The maximum atomic E-state index is 6.16. The number of imidazole rings is 1. The molecule has 0 spiro atoms. The summed E-state index contributed by atoms with van der Waals surface area (Å²) in [6.07, 6.45) is 2.73. The van der Waals surface area contributed by atoms with Crippen LogP contribution in [0.25, 0.3) is 11.3 Å². The molecule has 2 aromatic rings. The Balaban J connectivity index is 1.83. The SMILES string of the molecule is CC(C)CC(N)c1ncc(-c2ccc3c(c2)OCCO3)[nH]1. The number of nitrogens with one attached hydrogen (secondary N) is 1. The van der Waals surface area contributed by atoms with Gasteiger partial charge in [0.2, 0.25) is 0 Å². The first-order valence-corrected chi connectivity index (χ1v) is 7.34. The van der Waals surface area contributed by atoms with E-state index in [2.05, 4.69) is 23.8 Å². The van der Waals surface area contributed by atoms with Crippen molar-refractivity contribution in [2.45, 2.75) is 26.3 Å². The number of ether oxygens (including phenoxy) is 2.